The third-order valence-corrected chi connectivity index (χ3v) is 3.48. The quantitative estimate of drug-likeness (QED) is 0.828. The Morgan fingerprint density at radius 2 is 2.19 bits per heavy atom. The molecule has 0 saturated carbocycles. The van der Waals surface area contributed by atoms with Crippen molar-refractivity contribution in [1.82, 2.24) is 9.55 Å². The Hall–Kier alpha value is -1.36. The molecule has 86 valence electrons. The molecule has 2 aromatic rings. The zero-order valence-electron chi connectivity index (χ0n) is 9.16. The summed E-state index contributed by atoms with van der Waals surface area (Å²) in [6.45, 7) is 2.60. The van der Waals surface area contributed by atoms with Crippen LogP contribution in [-0.2, 0) is 6.54 Å². The van der Waals surface area contributed by atoms with Crippen LogP contribution in [0.15, 0.2) is 21.0 Å². The number of hydrogen-bond donors (Lipinski definition) is 1. The van der Waals surface area contributed by atoms with Crippen LogP contribution in [0.4, 0.5) is 0 Å². The van der Waals surface area contributed by atoms with Gasteiger partial charge >= 0.3 is 5.69 Å². The van der Waals surface area contributed by atoms with Crippen LogP contribution in [0.5, 0.6) is 0 Å². The number of unbranched alkanes of at least 4 members (excludes halogenated alkanes) is 2. The molecule has 0 radical (unpaired) electrons. The van der Waals surface area contributed by atoms with Crippen LogP contribution in [0, 0.1) is 0 Å². The number of fused-ring (bicyclic) bond motifs is 1. The van der Waals surface area contributed by atoms with Crippen LogP contribution in [0.25, 0.3) is 10.2 Å². The molecule has 16 heavy (non-hydrogen) atoms. The van der Waals surface area contributed by atoms with Crippen LogP contribution in [0.3, 0.4) is 0 Å². The van der Waals surface area contributed by atoms with Crippen molar-refractivity contribution in [2.24, 2.45) is 0 Å². The summed E-state index contributed by atoms with van der Waals surface area (Å²) in [5, 5.41) is 1.82. The normalized spacial score (nSPS) is 11.1. The molecule has 0 aliphatic rings. The maximum atomic E-state index is 12.0. The maximum absolute atomic E-state index is 12.0. The van der Waals surface area contributed by atoms with Crippen molar-refractivity contribution >= 4 is 21.6 Å². The molecule has 2 rings (SSSR count). The number of nitrogens with one attached hydrogen (secondary N) is 1. The van der Waals surface area contributed by atoms with Crippen LogP contribution in [0.1, 0.15) is 26.2 Å². The minimum atomic E-state index is -0.299. The highest BCUT2D eigenvalue weighted by molar-refractivity contribution is 7.17. The van der Waals surface area contributed by atoms with Crippen LogP contribution >= 0.6 is 11.3 Å². The molecule has 0 aliphatic heterocycles. The third-order valence-electron chi connectivity index (χ3n) is 2.58. The van der Waals surface area contributed by atoms with Crippen molar-refractivity contribution in [1.29, 1.82) is 0 Å². The number of hydrogen-bond acceptors (Lipinski definition) is 3. The molecule has 0 saturated heterocycles. The number of rotatable bonds is 4. The molecule has 0 unspecified atom stereocenters. The molecule has 2 aromatic heterocycles. The Balaban J connectivity index is 2.44. The lowest BCUT2D eigenvalue weighted by Crippen LogP contribution is -2.34. The van der Waals surface area contributed by atoms with E-state index in [1.807, 2.05) is 5.38 Å². The van der Waals surface area contributed by atoms with Gasteiger partial charge in [0, 0.05) is 6.54 Å². The van der Waals surface area contributed by atoms with E-state index in [0.29, 0.717) is 16.8 Å². The van der Waals surface area contributed by atoms with Crippen molar-refractivity contribution in [3.05, 3.63) is 32.3 Å². The van der Waals surface area contributed by atoms with Crippen molar-refractivity contribution < 1.29 is 0 Å². The Morgan fingerprint density at radius 3 is 2.94 bits per heavy atom. The fraction of sp³-hybridized carbons (Fsp3) is 0.455. The number of aromatic amines is 1. The van der Waals surface area contributed by atoms with Gasteiger partial charge in [0.15, 0.2) is 0 Å². The molecular weight excluding hydrogens is 224 g/mol. The van der Waals surface area contributed by atoms with E-state index in [4.69, 9.17) is 0 Å². The zero-order valence-corrected chi connectivity index (χ0v) is 9.97. The van der Waals surface area contributed by atoms with E-state index in [9.17, 15) is 9.59 Å². The lowest BCUT2D eigenvalue weighted by atomic mass is 10.2. The van der Waals surface area contributed by atoms with E-state index in [1.165, 1.54) is 15.9 Å². The summed E-state index contributed by atoms with van der Waals surface area (Å²) in [7, 11) is 0. The molecular formula is C11H14N2O2S. The van der Waals surface area contributed by atoms with Crippen molar-refractivity contribution in [2.45, 2.75) is 32.7 Å². The molecule has 2 heterocycles. The molecule has 0 aliphatic carbocycles. The van der Waals surface area contributed by atoms with Crippen LogP contribution < -0.4 is 11.2 Å². The van der Waals surface area contributed by atoms with Gasteiger partial charge in [-0.25, -0.2) is 4.79 Å². The van der Waals surface area contributed by atoms with Gasteiger partial charge in [-0.05, 0) is 17.9 Å². The van der Waals surface area contributed by atoms with Gasteiger partial charge in [0.2, 0.25) is 0 Å². The summed E-state index contributed by atoms with van der Waals surface area (Å²) in [5.74, 6) is 0. The highest BCUT2D eigenvalue weighted by Crippen LogP contribution is 2.12. The Kier molecular flexibility index (Phi) is 3.24. The fourth-order valence-corrected chi connectivity index (χ4v) is 2.49. The monoisotopic (exact) mass is 238 g/mol. The largest absolute Gasteiger partial charge is 0.328 e. The van der Waals surface area contributed by atoms with E-state index in [1.54, 1.807) is 6.07 Å². The van der Waals surface area contributed by atoms with Gasteiger partial charge in [0.1, 0.15) is 4.70 Å². The predicted molar refractivity (Wildman–Crippen MR) is 66.2 cm³/mol. The first-order valence-electron chi connectivity index (χ1n) is 5.44. The SMILES string of the molecule is CCCCCn1c(=O)[nH]c2ccsc2c1=O. The Morgan fingerprint density at radius 1 is 1.38 bits per heavy atom. The second kappa shape index (κ2) is 4.65. The van der Waals surface area contributed by atoms with E-state index in [2.05, 4.69) is 11.9 Å². The summed E-state index contributed by atoms with van der Waals surface area (Å²) >= 11 is 1.37. The predicted octanol–water partition coefficient (Wildman–Crippen LogP) is 1.94. The van der Waals surface area contributed by atoms with Crippen LogP contribution in [0.2, 0.25) is 0 Å². The first-order valence-corrected chi connectivity index (χ1v) is 6.32. The number of thiophene rings is 1. The molecule has 4 nitrogen and oxygen atoms in total. The standard InChI is InChI=1S/C11H14N2O2S/c1-2-3-4-6-13-10(14)9-8(5-7-16-9)12-11(13)15/h5,7H,2-4,6H2,1H3,(H,12,15). The summed E-state index contributed by atoms with van der Waals surface area (Å²) < 4.78 is 1.94. The van der Waals surface area contributed by atoms with Crippen molar-refractivity contribution in [3.8, 4) is 0 Å². The molecule has 0 fully saturated rings. The highest BCUT2D eigenvalue weighted by Gasteiger charge is 2.07. The number of aromatic nitrogens is 2. The molecule has 0 bridgehead atoms. The second-order valence-electron chi connectivity index (χ2n) is 3.76. The maximum Gasteiger partial charge on any atom is 0.328 e. The smallest absolute Gasteiger partial charge is 0.306 e. The minimum absolute atomic E-state index is 0.162. The number of H-pyrrole nitrogens is 1. The molecule has 0 amide bonds. The minimum Gasteiger partial charge on any atom is -0.306 e. The number of nitrogens with zero attached hydrogens (tertiary/aromatic N) is 1. The molecule has 0 spiro atoms. The first-order chi connectivity index (χ1) is 7.74. The summed E-state index contributed by atoms with van der Waals surface area (Å²) in [6, 6.07) is 1.76. The zero-order chi connectivity index (χ0) is 11.5. The topological polar surface area (TPSA) is 54.9 Å². The van der Waals surface area contributed by atoms with Crippen molar-refractivity contribution in [3.63, 3.8) is 0 Å². The average Bonchev–Trinajstić information content (AvgIpc) is 2.71. The summed E-state index contributed by atoms with van der Waals surface area (Å²) in [4.78, 5) is 26.3. The summed E-state index contributed by atoms with van der Waals surface area (Å²) in [6.07, 6.45) is 2.98. The van der Waals surface area contributed by atoms with E-state index in [0.717, 1.165) is 19.3 Å². The molecule has 0 aromatic carbocycles. The Labute approximate surface area is 96.6 Å². The van der Waals surface area contributed by atoms with E-state index < -0.39 is 0 Å². The van der Waals surface area contributed by atoms with Crippen molar-refractivity contribution in [2.75, 3.05) is 0 Å². The van der Waals surface area contributed by atoms with Crippen LogP contribution in [-0.4, -0.2) is 9.55 Å². The second-order valence-corrected chi connectivity index (χ2v) is 4.67. The van der Waals surface area contributed by atoms with Gasteiger partial charge in [-0.15, -0.1) is 11.3 Å². The fourth-order valence-electron chi connectivity index (χ4n) is 1.69. The third kappa shape index (κ3) is 1.95. The summed E-state index contributed by atoms with van der Waals surface area (Å²) in [5.41, 5.74) is 0.184. The molecule has 0 atom stereocenters. The van der Waals surface area contributed by atoms with Gasteiger partial charge in [-0.3, -0.25) is 9.36 Å². The molecule has 5 heteroatoms. The first kappa shape index (κ1) is 11.1. The lowest BCUT2D eigenvalue weighted by Gasteiger charge is -2.03. The van der Waals surface area contributed by atoms with Gasteiger partial charge in [-0.1, -0.05) is 19.8 Å². The average molecular weight is 238 g/mol. The van der Waals surface area contributed by atoms with E-state index >= 15 is 0 Å². The van der Waals surface area contributed by atoms with Gasteiger partial charge in [0.25, 0.3) is 5.56 Å². The van der Waals surface area contributed by atoms with Gasteiger partial charge in [-0.2, -0.15) is 0 Å². The lowest BCUT2D eigenvalue weighted by molar-refractivity contribution is 0.569. The van der Waals surface area contributed by atoms with Gasteiger partial charge in [0.05, 0.1) is 5.52 Å². The Bertz CT molecular complexity index is 594. The van der Waals surface area contributed by atoms with E-state index in [-0.39, 0.29) is 11.2 Å². The van der Waals surface area contributed by atoms with Gasteiger partial charge < -0.3 is 4.98 Å². The highest BCUT2D eigenvalue weighted by atomic mass is 32.1. The molecule has 1 N–H and O–H groups in total.